The molecule has 1 heterocycles. The summed E-state index contributed by atoms with van der Waals surface area (Å²) in [5, 5.41) is 2.71. The molecule has 0 fully saturated rings. The lowest BCUT2D eigenvalue weighted by molar-refractivity contribution is -0.115. The van der Waals surface area contributed by atoms with E-state index >= 15 is 0 Å². The summed E-state index contributed by atoms with van der Waals surface area (Å²) in [7, 11) is -2.36. The molecule has 1 aliphatic heterocycles. The third kappa shape index (κ3) is 3.00. The Morgan fingerprint density at radius 1 is 1.17 bits per heavy atom. The van der Waals surface area contributed by atoms with Crippen molar-refractivity contribution < 1.29 is 17.9 Å². The Kier molecular flexibility index (Phi) is 3.73. The fourth-order valence-corrected chi connectivity index (χ4v) is 3.80. The molecule has 2 N–H and O–H groups in total. The zero-order valence-electron chi connectivity index (χ0n) is 12.7. The van der Waals surface area contributed by atoms with Gasteiger partial charge in [0.05, 0.1) is 13.5 Å². The highest BCUT2D eigenvalue weighted by molar-refractivity contribution is 7.92. The second-order valence-electron chi connectivity index (χ2n) is 5.36. The van der Waals surface area contributed by atoms with E-state index in [0.29, 0.717) is 11.4 Å². The lowest BCUT2D eigenvalue weighted by Crippen LogP contribution is -2.14. The quantitative estimate of drug-likeness (QED) is 0.900. The van der Waals surface area contributed by atoms with Crippen LogP contribution in [0.25, 0.3) is 0 Å². The molecule has 1 amide bonds. The van der Waals surface area contributed by atoms with E-state index in [1.807, 2.05) is 6.92 Å². The molecule has 6 nitrogen and oxygen atoms in total. The molecule has 2 aromatic carbocycles. The first kappa shape index (κ1) is 15.4. The standard InChI is InChI=1S/C16H16N2O4S/c1-10-3-6-14(22-2)15(7-10)23(20,21)18-12-4-5-13-11(8-12)9-16(19)17-13/h3-8,18H,9H2,1-2H3,(H,17,19). The van der Waals surface area contributed by atoms with Crippen molar-refractivity contribution in [2.45, 2.75) is 18.2 Å². The number of hydrogen-bond acceptors (Lipinski definition) is 4. The van der Waals surface area contributed by atoms with Gasteiger partial charge in [0.25, 0.3) is 10.0 Å². The number of hydrogen-bond donors (Lipinski definition) is 2. The average Bonchev–Trinajstić information content (AvgIpc) is 2.86. The number of fused-ring (bicyclic) bond motifs is 1. The molecule has 0 saturated heterocycles. The Labute approximate surface area is 134 Å². The van der Waals surface area contributed by atoms with Gasteiger partial charge in [0, 0.05) is 11.4 Å². The van der Waals surface area contributed by atoms with Gasteiger partial charge in [-0.3, -0.25) is 9.52 Å². The number of benzene rings is 2. The second kappa shape index (κ2) is 5.58. The van der Waals surface area contributed by atoms with Crippen LogP contribution in [-0.4, -0.2) is 21.4 Å². The van der Waals surface area contributed by atoms with Crippen LogP contribution < -0.4 is 14.8 Å². The molecule has 0 radical (unpaired) electrons. The highest BCUT2D eigenvalue weighted by Gasteiger charge is 2.22. The molecule has 7 heteroatoms. The third-order valence-corrected chi connectivity index (χ3v) is 4.99. The topological polar surface area (TPSA) is 84.5 Å². The highest BCUT2D eigenvalue weighted by atomic mass is 32.2. The summed E-state index contributed by atoms with van der Waals surface area (Å²) in [6.07, 6.45) is 0.249. The van der Waals surface area contributed by atoms with E-state index in [0.717, 1.165) is 11.1 Å². The van der Waals surface area contributed by atoms with Gasteiger partial charge in [-0.05, 0) is 48.4 Å². The maximum atomic E-state index is 12.6. The predicted octanol–water partition coefficient (Wildman–Crippen LogP) is 2.30. The zero-order valence-corrected chi connectivity index (χ0v) is 13.5. The van der Waals surface area contributed by atoms with Gasteiger partial charge in [-0.25, -0.2) is 8.42 Å². The summed E-state index contributed by atoms with van der Waals surface area (Å²) in [6, 6.07) is 9.92. The molecule has 0 unspecified atom stereocenters. The summed E-state index contributed by atoms with van der Waals surface area (Å²) in [5.41, 5.74) is 2.70. The molecule has 0 aromatic heterocycles. The number of sulfonamides is 1. The van der Waals surface area contributed by atoms with Gasteiger partial charge in [0.15, 0.2) is 0 Å². The first-order valence-electron chi connectivity index (χ1n) is 6.99. The van der Waals surface area contributed by atoms with Crippen LogP contribution in [0.2, 0.25) is 0 Å². The monoisotopic (exact) mass is 332 g/mol. The molecule has 120 valence electrons. The van der Waals surface area contributed by atoms with Gasteiger partial charge in [-0.2, -0.15) is 0 Å². The number of rotatable bonds is 4. The minimum atomic E-state index is -3.79. The molecule has 23 heavy (non-hydrogen) atoms. The lowest BCUT2D eigenvalue weighted by Gasteiger charge is -2.13. The molecular weight excluding hydrogens is 316 g/mol. The van der Waals surface area contributed by atoms with Gasteiger partial charge >= 0.3 is 0 Å². The van der Waals surface area contributed by atoms with E-state index in [1.54, 1.807) is 36.4 Å². The first-order valence-corrected chi connectivity index (χ1v) is 8.47. The van der Waals surface area contributed by atoms with E-state index in [1.165, 1.54) is 7.11 Å². The fraction of sp³-hybridized carbons (Fsp3) is 0.188. The van der Waals surface area contributed by atoms with Crippen LogP contribution in [0.15, 0.2) is 41.3 Å². The molecule has 3 rings (SSSR count). The normalized spacial score (nSPS) is 13.4. The van der Waals surface area contributed by atoms with Crippen molar-refractivity contribution in [3.05, 3.63) is 47.5 Å². The zero-order chi connectivity index (χ0) is 16.6. The maximum Gasteiger partial charge on any atom is 0.265 e. The Hall–Kier alpha value is -2.54. The van der Waals surface area contributed by atoms with Crippen molar-refractivity contribution in [2.24, 2.45) is 0 Å². The Bertz CT molecular complexity index is 891. The van der Waals surface area contributed by atoms with Crippen LogP contribution in [0.1, 0.15) is 11.1 Å². The Morgan fingerprint density at radius 3 is 2.70 bits per heavy atom. The molecule has 0 bridgehead atoms. The van der Waals surface area contributed by atoms with Crippen LogP contribution in [0.5, 0.6) is 5.75 Å². The number of carbonyl (C=O) groups excluding carboxylic acids is 1. The Balaban J connectivity index is 1.95. The number of amides is 1. The number of carbonyl (C=O) groups is 1. The molecule has 1 aliphatic rings. The summed E-state index contributed by atoms with van der Waals surface area (Å²) < 4.78 is 32.9. The largest absolute Gasteiger partial charge is 0.495 e. The summed E-state index contributed by atoms with van der Waals surface area (Å²) in [5.74, 6) is 0.182. The van der Waals surface area contributed by atoms with Gasteiger partial charge in [-0.15, -0.1) is 0 Å². The van der Waals surface area contributed by atoms with Crippen LogP contribution in [-0.2, 0) is 21.2 Å². The van der Waals surface area contributed by atoms with E-state index in [9.17, 15) is 13.2 Å². The minimum Gasteiger partial charge on any atom is -0.495 e. The molecular formula is C16H16N2O4S. The number of nitrogens with one attached hydrogen (secondary N) is 2. The summed E-state index contributed by atoms with van der Waals surface area (Å²) >= 11 is 0. The Morgan fingerprint density at radius 2 is 1.96 bits per heavy atom. The number of aryl methyl sites for hydroxylation is 1. The van der Waals surface area contributed by atoms with Crippen molar-refractivity contribution in [2.75, 3.05) is 17.1 Å². The first-order chi connectivity index (χ1) is 10.9. The number of ether oxygens (including phenoxy) is 1. The highest BCUT2D eigenvalue weighted by Crippen LogP contribution is 2.30. The van der Waals surface area contributed by atoms with Crippen molar-refractivity contribution in [3.63, 3.8) is 0 Å². The molecule has 0 spiro atoms. The molecule has 0 saturated carbocycles. The average molecular weight is 332 g/mol. The molecule has 2 aromatic rings. The SMILES string of the molecule is COc1ccc(C)cc1S(=O)(=O)Nc1ccc2c(c1)CC(=O)N2. The van der Waals surface area contributed by atoms with Crippen LogP contribution in [0.4, 0.5) is 11.4 Å². The van der Waals surface area contributed by atoms with Crippen molar-refractivity contribution in [3.8, 4) is 5.75 Å². The summed E-state index contributed by atoms with van der Waals surface area (Å²) in [6.45, 7) is 1.81. The van der Waals surface area contributed by atoms with E-state index in [2.05, 4.69) is 10.0 Å². The van der Waals surface area contributed by atoms with Crippen LogP contribution >= 0.6 is 0 Å². The van der Waals surface area contributed by atoms with E-state index < -0.39 is 10.0 Å². The van der Waals surface area contributed by atoms with Gasteiger partial charge < -0.3 is 10.1 Å². The van der Waals surface area contributed by atoms with Gasteiger partial charge in [0.1, 0.15) is 10.6 Å². The predicted molar refractivity (Wildman–Crippen MR) is 87.3 cm³/mol. The number of methoxy groups -OCH3 is 1. The van der Waals surface area contributed by atoms with Crippen molar-refractivity contribution >= 4 is 27.3 Å². The van der Waals surface area contributed by atoms with E-state index in [-0.39, 0.29) is 23.0 Å². The van der Waals surface area contributed by atoms with Gasteiger partial charge in [-0.1, -0.05) is 6.07 Å². The molecule has 0 aliphatic carbocycles. The second-order valence-corrected chi connectivity index (χ2v) is 7.01. The van der Waals surface area contributed by atoms with Crippen LogP contribution in [0.3, 0.4) is 0 Å². The fourth-order valence-electron chi connectivity index (χ4n) is 2.50. The number of anilines is 2. The van der Waals surface area contributed by atoms with E-state index in [4.69, 9.17) is 4.74 Å². The van der Waals surface area contributed by atoms with Gasteiger partial charge in [0.2, 0.25) is 5.91 Å². The maximum absolute atomic E-state index is 12.6. The summed E-state index contributed by atoms with van der Waals surface area (Å²) in [4.78, 5) is 11.5. The van der Waals surface area contributed by atoms with Crippen LogP contribution in [0, 0.1) is 6.92 Å². The van der Waals surface area contributed by atoms with Crippen molar-refractivity contribution in [1.29, 1.82) is 0 Å². The third-order valence-electron chi connectivity index (χ3n) is 3.59. The smallest absolute Gasteiger partial charge is 0.265 e. The lowest BCUT2D eigenvalue weighted by atomic mass is 10.1. The minimum absolute atomic E-state index is 0.0784. The van der Waals surface area contributed by atoms with Crippen molar-refractivity contribution in [1.82, 2.24) is 0 Å². The molecule has 0 atom stereocenters.